The van der Waals surface area contributed by atoms with Crippen molar-refractivity contribution in [3.8, 4) is 0 Å². The van der Waals surface area contributed by atoms with E-state index in [1.165, 1.54) is 12.1 Å². The van der Waals surface area contributed by atoms with Gasteiger partial charge in [-0.3, -0.25) is 0 Å². The van der Waals surface area contributed by atoms with Crippen LogP contribution in [0, 0.1) is 5.82 Å². The van der Waals surface area contributed by atoms with Gasteiger partial charge in [0.25, 0.3) is 0 Å². The minimum atomic E-state index is -0.224. The molecule has 2 unspecified atom stereocenters. The summed E-state index contributed by atoms with van der Waals surface area (Å²) >= 11 is 0. The number of nitrogens with two attached hydrogens (primary N) is 1. The molecule has 1 heterocycles. The third kappa shape index (κ3) is 3.25. The minimum absolute atomic E-state index is 0.134. The first kappa shape index (κ1) is 14.3. The quantitative estimate of drug-likeness (QED) is 0.881. The minimum Gasteiger partial charge on any atom is -0.378 e. The lowest BCUT2D eigenvalue weighted by Crippen LogP contribution is -2.55. The Morgan fingerprint density at radius 1 is 1.37 bits per heavy atom. The fraction of sp³-hybridized carbons (Fsp3) is 0.600. The third-order valence-corrected chi connectivity index (χ3v) is 4.14. The molecule has 0 radical (unpaired) electrons. The van der Waals surface area contributed by atoms with E-state index < -0.39 is 0 Å². The molecule has 1 aliphatic rings. The number of benzene rings is 1. The van der Waals surface area contributed by atoms with E-state index in [-0.39, 0.29) is 17.0 Å². The SMILES string of the molecule is CCC1(C)CC(CN)(Nc2ccc(F)cc2)CCO1. The van der Waals surface area contributed by atoms with Crippen LogP contribution in [0.3, 0.4) is 0 Å². The van der Waals surface area contributed by atoms with Crippen LogP contribution in [0.4, 0.5) is 10.1 Å². The molecule has 1 aromatic rings. The monoisotopic (exact) mass is 266 g/mol. The summed E-state index contributed by atoms with van der Waals surface area (Å²) < 4.78 is 18.8. The van der Waals surface area contributed by atoms with E-state index in [0.717, 1.165) is 24.9 Å². The molecular formula is C15H23FN2O. The molecule has 0 spiro atoms. The second-order valence-corrected chi connectivity index (χ2v) is 5.70. The van der Waals surface area contributed by atoms with Crippen LogP contribution in [-0.4, -0.2) is 24.3 Å². The first-order chi connectivity index (χ1) is 9.01. The summed E-state index contributed by atoms with van der Waals surface area (Å²) in [4.78, 5) is 0. The third-order valence-electron chi connectivity index (χ3n) is 4.14. The van der Waals surface area contributed by atoms with Crippen molar-refractivity contribution in [3.05, 3.63) is 30.1 Å². The van der Waals surface area contributed by atoms with Gasteiger partial charge in [0.1, 0.15) is 5.82 Å². The molecule has 4 heteroatoms. The van der Waals surface area contributed by atoms with E-state index in [2.05, 4.69) is 19.2 Å². The maximum Gasteiger partial charge on any atom is 0.123 e. The molecule has 0 aromatic heterocycles. The highest BCUT2D eigenvalue weighted by Gasteiger charge is 2.41. The molecule has 0 aliphatic carbocycles. The predicted molar refractivity (Wildman–Crippen MR) is 75.7 cm³/mol. The second kappa shape index (κ2) is 5.47. The smallest absolute Gasteiger partial charge is 0.123 e. The van der Waals surface area contributed by atoms with Crippen molar-refractivity contribution in [1.82, 2.24) is 0 Å². The standard InChI is InChI=1S/C15H23FN2O/c1-3-14(2)10-15(11-17,8-9-19-14)18-13-6-4-12(16)5-7-13/h4-7,18H,3,8-11,17H2,1-2H3. The van der Waals surface area contributed by atoms with Crippen LogP contribution in [0.5, 0.6) is 0 Å². The molecule has 19 heavy (non-hydrogen) atoms. The fourth-order valence-corrected chi connectivity index (χ4v) is 2.75. The Hall–Kier alpha value is -1.13. The molecule has 0 saturated carbocycles. The van der Waals surface area contributed by atoms with Crippen molar-refractivity contribution in [3.63, 3.8) is 0 Å². The summed E-state index contributed by atoms with van der Waals surface area (Å²) in [6.45, 7) is 5.51. The Bertz CT molecular complexity index is 423. The Balaban J connectivity index is 2.16. The zero-order chi connectivity index (χ0) is 13.9. The van der Waals surface area contributed by atoms with E-state index in [1.807, 2.05) is 0 Å². The Morgan fingerprint density at radius 3 is 2.63 bits per heavy atom. The van der Waals surface area contributed by atoms with Gasteiger partial charge in [0, 0.05) is 25.3 Å². The number of rotatable bonds is 4. The van der Waals surface area contributed by atoms with Crippen molar-refractivity contribution >= 4 is 5.69 Å². The normalized spacial score (nSPS) is 31.2. The van der Waals surface area contributed by atoms with Gasteiger partial charge < -0.3 is 15.8 Å². The molecule has 3 N–H and O–H groups in total. The number of anilines is 1. The van der Waals surface area contributed by atoms with E-state index in [0.29, 0.717) is 13.2 Å². The molecule has 1 aliphatic heterocycles. The molecule has 1 aromatic carbocycles. The van der Waals surface area contributed by atoms with Gasteiger partial charge in [0.15, 0.2) is 0 Å². The molecule has 1 fully saturated rings. The zero-order valence-corrected chi connectivity index (χ0v) is 11.7. The summed E-state index contributed by atoms with van der Waals surface area (Å²) in [6, 6.07) is 6.44. The van der Waals surface area contributed by atoms with Gasteiger partial charge in [-0.25, -0.2) is 4.39 Å². The number of hydrogen-bond donors (Lipinski definition) is 2. The molecule has 3 nitrogen and oxygen atoms in total. The van der Waals surface area contributed by atoms with E-state index in [4.69, 9.17) is 10.5 Å². The van der Waals surface area contributed by atoms with Crippen molar-refractivity contribution < 1.29 is 9.13 Å². The highest BCUT2D eigenvalue weighted by atomic mass is 19.1. The number of ether oxygens (including phenoxy) is 1. The van der Waals surface area contributed by atoms with Crippen molar-refractivity contribution in [2.75, 3.05) is 18.5 Å². The average molecular weight is 266 g/mol. The molecule has 2 rings (SSSR count). The van der Waals surface area contributed by atoms with Crippen LogP contribution in [0.2, 0.25) is 0 Å². The van der Waals surface area contributed by atoms with Gasteiger partial charge in [0.2, 0.25) is 0 Å². The molecule has 0 bridgehead atoms. The topological polar surface area (TPSA) is 47.3 Å². The summed E-state index contributed by atoms with van der Waals surface area (Å²) in [5.41, 5.74) is 6.61. The highest BCUT2D eigenvalue weighted by molar-refractivity contribution is 5.46. The molecule has 0 amide bonds. The summed E-state index contributed by atoms with van der Waals surface area (Å²) in [5, 5.41) is 3.49. The molecule has 1 saturated heterocycles. The lowest BCUT2D eigenvalue weighted by Gasteiger charge is -2.46. The summed E-state index contributed by atoms with van der Waals surface area (Å²) in [7, 11) is 0. The number of nitrogens with one attached hydrogen (secondary N) is 1. The first-order valence-corrected chi connectivity index (χ1v) is 6.89. The van der Waals surface area contributed by atoms with Gasteiger partial charge in [-0.05, 0) is 44.0 Å². The van der Waals surface area contributed by atoms with E-state index >= 15 is 0 Å². The van der Waals surface area contributed by atoms with Crippen molar-refractivity contribution in [1.29, 1.82) is 0 Å². The van der Waals surface area contributed by atoms with Crippen molar-refractivity contribution in [2.24, 2.45) is 5.73 Å². The van der Waals surface area contributed by atoms with Crippen LogP contribution in [0.15, 0.2) is 24.3 Å². The maximum atomic E-state index is 12.9. The zero-order valence-electron chi connectivity index (χ0n) is 11.7. The number of halogens is 1. The lowest BCUT2D eigenvalue weighted by molar-refractivity contribution is -0.0882. The van der Waals surface area contributed by atoms with Gasteiger partial charge in [-0.2, -0.15) is 0 Å². The van der Waals surface area contributed by atoms with Gasteiger partial charge in [-0.1, -0.05) is 6.92 Å². The summed E-state index contributed by atoms with van der Waals surface area (Å²) in [6.07, 6.45) is 2.70. The summed E-state index contributed by atoms with van der Waals surface area (Å²) in [5.74, 6) is -0.224. The fourth-order valence-electron chi connectivity index (χ4n) is 2.75. The van der Waals surface area contributed by atoms with E-state index in [1.54, 1.807) is 12.1 Å². The largest absolute Gasteiger partial charge is 0.378 e. The molecule has 106 valence electrons. The van der Waals surface area contributed by atoms with Gasteiger partial charge in [-0.15, -0.1) is 0 Å². The first-order valence-electron chi connectivity index (χ1n) is 6.89. The van der Waals surface area contributed by atoms with E-state index in [9.17, 15) is 4.39 Å². The van der Waals surface area contributed by atoms with Gasteiger partial charge >= 0.3 is 0 Å². The Labute approximate surface area is 114 Å². The Morgan fingerprint density at radius 2 is 2.05 bits per heavy atom. The van der Waals surface area contributed by atoms with Crippen LogP contribution in [0.25, 0.3) is 0 Å². The average Bonchev–Trinajstić information content (AvgIpc) is 2.42. The number of hydrogen-bond acceptors (Lipinski definition) is 3. The Kier molecular flexibility index (Phi) is 4.11. The predicted octanol–water partition coefficient (Wildman–Crippen LogP) is 2.91. The van der Waals surface area contributed by atoms with Crippen LogP contribution in [0.1, 0.15) is 33.1 Å². The van der Waals surface area contributed by atoms with Crippen molar-refractivity contribution in [2.45, 2.75) is 44.2 Å². The van der Waals surface area contributed by atoms with Crippen LogP contribution < -0.4 is 11.1 Å². The maximum absolute atomic E-state index is 12.9. The van der Waals surface area contributed by atoms with Gasteiger partial charge in [0.05, 0.1) is 11.1 Å². The lowest BCUT2D eigenvalue weighted by atomic mass is 9.79. The second-order valence-electron chi connectivity index (χ2n) is 5.70. The van der Waals surface area contributed by atoms with Crippen LogP contribution in [-0.2, 0) is 4.74 Å². The molecular weight excluding hydrogens is 243 g/mol. The molecule has 2 atom stereocenters. The van der Waals surface area contributed by atoms with Crippen LogP contribution >= 0.6 is 0 Å². The highest BCUT2D eigenvalue weighted by Crippen LogP contribution is 2.36.